The van der Waals surface area contributed by atoms with Crippen LogP contribution in [0.1, 0.15) is 52.7 Å². The monoisotopic (exact) mass is 528 g/mol. The molecular formula is C25H29FN6O4S. The number of ether oxygens (including phenoxy) is 1. The van der Waals surface area contributed by atoms with Gasteiger partial charge in [0.15, 0.2) is 0 Å². The topological polar surface area (TPSA) is 136 Å². The first-order valence-corrected chi connectivity index (χ1v) is 13.5. The van der Waals surface area contributed by atoms with Gasteiger partial charge in [-0.15, -0.1) is 0 Å². The predicted octanol–water partition coefficient (Wildman–Crippen LogP) is 4.07. The van der Waals surface area contributed by atoms with Crippen molar-refractivity contribution in [1.82, 2.24) is 19.9 Å². The highest BCUT2D eigenvalue weighted by Crippen LogP contribution is 2.29. The first-order chi connectivity index (χ1) is 17.5. The fraction of sp³-hybridized carbons (Fsp3) is 0.400. The second-order valence-corrected chi connectivity index (χ2v) is 11.6. The van der Waals surface area contributed by atoms with Crippen LogP contribution in [0.25, 0.3) is 11.3 Å². The van der Waals surface area contributed by atoms with Crippen molar-refractivity contribution in [1.29, 1.82) is 0 Å². The Bertz CT molecular complexity index is 1410. The summed E-state index contributed by atoms with van der Waals surface area (Å²) in [7, 11) is -3.59. The van der Waals surface area contributed by atoms with Crippen LogP contribution in [0, 0.1) is 5.82 Å². The number of benzene rings is 1. The second kappa shape index (κ2) is 10.4. The Morgan fingerprint density at radius 3 is 2.57 bits per heavy atom. The normalized spacial score (nSPS) is 14.2. The van der Waals surface area contributed by atoms with Gasteiger partial charge in [0.1, 0.15) is 5.82 Å². The quantitative estimate of drug-likeness (QED) is 0.424. The number of carbonyl (C=O) groups is 1. The molecule has 12 heteroatoms. The summed E-state index contributed by atoms with van der Waals surface area (Å²) in [4.78, 5) is 29.8. The highest BCUT2D eigenvalue weighted by Gasteiger charge is 2.34. The van der Waals surface area contributed by atoms with Crippen molar-refractivity contribution in [3.8, 4) is 17.1 Å². The summed E-state index contributed by atoms with van der Waals surface area (Å²) in [5.74, 6) is -0.968. The van der Waals surface area contributed by atoms with Gasteiger partial charge in [0.25, 0.3) is 0 Å². The van der Waals surface area contributed by atoms with E-state index in [1.807, 2.05) is 13.8 Å². The van der Waals surface area contributed by atoms with Crippen molar-refractivity contribution in [2.45, 2.75) is 63.7 Å². The summed E-state index contributed by atoms with van der Waals surface area (Å²) < 4.78 is 47.8. The van der Waals surface area contributed by atoms with Gasteiger partial charge < -0.3 is 10.1 Å². The Balaban J connectivity index is 1.50. The first kappa shape index (κ1) is 26.4. The van der Waals surface area contributed by atoms with Gasteiger partial charge in [0.05, 0.1) is 46.2 Å². The molecule has 37 heavy (non-hydrogen) atoms. The van der Waals surface area contributed by atoms with Crippen LogP contribution >= 0.6 is 0 Å². The summed E-state index contributed by atoms with van der Waals surface area (Å²) in [5.41, 5.74) is -0.0766. The highest BCUT2D eigenvalue weighted by atomic mass is 32.2. The molecule has 4 rings (SSSR count). The minimum Gasteiger partial charge on any atom is -0.474 e. The molecule has 0 saturated heterocycles. The van der Waals surface area contributed by atoms with Crippen LogP contribution < -0.4 is 14.8 Å². The van der Waals surface area contributed by atoms with Gasteiger partial charge >= 0.3 is 0 Å². The number of hydrogen-bond acceptors (Lipinski definition) is 8. The van der Waals surface area contributed by atoms with Crippen molar-refractivity contribution < 1.29 is 22.3 Å². The number of nitrogens with zero attached hydrogens (tertiary/aromatic N) is 4. The Labute approximate surface area is 215 Å². The van der Waals surface area contributed by atoms with E-state index in [2.05, 4.69) is 30.0 Å². The van der Waals surface area contributed by atoms with Gasteiger partial charge in [-0.3, -0.25) is 14.5 Å². The zero-order chi connectivity index (χ0) is 26.8. The molecule has 1 aliphatic rings. The fourth-order valence-electron chi connectivity index (χ4n) is 3.60. The third kappa shape index (κ3) is 6.01. The lowest BCUT2D eigenvalue weighted by Crippen LogP contribution is -2.37. The molecule has 0 unspecified atom stereocenters. The van der Waals surface area contributed by atoms with E-state index in [0.29, 0.717) is 30.0 Å². The Morgan fingerprint density at radius 2 is 1.92 bits per heavy atom. The largest absolute Gasteiger partial charge is 0.474 e. The van der Waals surface area contributed by atoms with Crippen LogP contribution in [0.5, 0.6) is 5.88 Å². The Morgan fingerprint density at radius 1 is 1.16 bits per heavy atom. The maximum Gasteiger partial charge on any atom is 0.237 e. The molecule has 2 aromatic heterocycles. The lowest BCUT2D eigenvalue weighted by molar-refractivity contribution is -0.120. The number of rotatable bonds is 9. The second-order valence-electron chi connectivity index (χ2n) is 9.65. The number of aromatic nitrogens is 4. The summed E-state index contributed by atoms with van der Waals surface area (Å²) in [6.45, 7) is 6.94. The molecule has 1 aliphatic carbocycles. The van der Waals surface area contributed by atoms with Crippen LogP contribution in [-0.4, -0.2) is 45.6 Å². The van der Waals surface area contributed by atoms with Gasteiger partial charge in [-0.25, -0.2) is 27.8 Å². The van der Waals surface area contributed by atoms with E-state index in [1.54, 1.807) is 19.9 Å². The maximum absolute atomic E-state index is 15.0. The number of nitrogens with one attached hydrogen (secondary N) is 2. The lowest BCUT2D eigenvalue weighted by atomic mass is 9.88. The lowest BCUT2D eigenvalue weighted by Gasteiger charge is -2.26. The Hall–Kier alpha value is -3.67. The SMILES string of the molecule is CC(C)Oc1cncc(-c2ccc(NC(=O)C(C)(C)c3ccnc(NS(=O)(=O)C4CCC4)n3)c(F)c2)n1. The molecular weight excluding hydrogens is 499 g/mol. The average Bonchev–Trinajstić information content (AvgIpc) is 2.78. The van der Waals surface area contributed by atoms with Crippen LogP contribution in [0.2, 0.25) is 0 Å². The molecule has 2 heterocycles. The van der Waals surface area contributed by atoms with Gasteiger partial charge in [-0.05, 0) is 58.7 Å². The van der Waals surface area contributed by atoms with Crippen LogP contribution in [-0.2, 0) is 20.2 Å². The van der Waals surface area contributed by atoms with E-state index >= 15 is 0 Å². The number of carbonyl (C=O) groups excluding carboxylic acids is 1. The maximum atomic E-state index is 15.0. The zero-order valence-corrected chi connectivity index (χ0v) is 21.8. The molecule has 2 N–H and O–H groups in total. The van der Waals surface area contributed by atoms with Crippen molar-refractivity contribution in [3.63, 3.8) is 0 Å². The van der Waals surface area contributed by atoms with E-state index in [-0.39, 0.29) is 23.4 Å². The fourth-order valence-corrected chi connectivity index (χ4v) is 5.08. The molecule has 1 amide bonds. The number of hydrogen-bond donors (Lipinski definition) is 2. The first-order valence-electron chi connectivity index (χ1n) is 11.9. The summed E-state index contributed by atoms with van der Waals surface area (Å²) in [5, 5.41) is 2.14. The van der Waals surface area contributed by atoms with Gasteiger partial charge in [-0.1, -0.05) is 12.5 Å². The number of anilines is 2. The molecule has 10 nitrogen and oxygen atoms in total. The standard InChI is InChI=1S/C25H29FN6O4S/c1-15(2)36-22-14-27-13-20(29-22)16-8-9-19(18(26)12-16)30-23(33)25(3,4)21-10-11-28-24(31-21)32-37(34,35)17-6-5-7-17/h8-15,17H,5-7H2,1-4H3,(H,30,33)(H,28,31,32). The van der Waals surface area contributed by atoms with E-state index in [9.17, 15) is 17.6 Å². The van der Waals surface area contributed by atoms with Crippen molar-refractivity contribution in [2.75, 3.05) is 10.0 Å². The van der Waals surface area contributed by atoms with E-state index < -0.39 is 32.4 Å². The number of sulfonamides is 1. The summed E-state index contributed by atoms with van der Waals surface area (Å²) in [6.07, 6.45) is 6.32. The molecule has 1 aromatic carbocycles. The molecule has 0 spiro atoms. The molecule has 0 atom stereocenters. The van der Waals surface area contributed by atoms with Gasteiger partial charge in [0.2, 0.25) is 27.8 Å². The molecule has 0 radical (unpaired) electrons. The van der Waals surface area contributed by atoms with Crippen LogP contribution in [0.3, 0.4) is 0 Å². The van der Waals surface area contributed by atoms with Crippen molar-refractivity contribution in [2.24, 2.45) is 0 Å². The highest BCUT2D eigenvalue weighted by molar-refractivity contribution is 7.93. The van der Waals surface area contributed by atoms with E-state index in [4.69, 9.17) is 4.74 Å². The van der Waals surface area contributed by atoms with Gasteiger partial charge in [0, 0.05) is 11.8 Å². The minimum absolute atomic E-state index is 0.0238. The van der Waals surface area contributed by atoms with Crippen LogP contribution in [0.4, 0.5) is 16.0 Å². The zero-order valence-electron chi connectivity index (χ0n) is 21.0. The molecule has 0 bridgehead atoms. The third-order valence-electron chi connectivity index (χ3n) is 6.07. The summed E-state index contributed by atoms with van der Waals surface area (Å²) >= 11 is 0. The van der Waals surface area contributed by atoms with E-state index in [1.165, 1.54) is 36.8 Å². The third-order valence-corrected chi connectivity index (χ3v) is 7.89. The number of amides is 1. The molecule has 1 fully saturated rings. The molecule has 1 saturated carbocycles. The average molecular weight is 529 g/mol. The van der Waals surface area contributed by atoms with Gasteiger partial charge in [-0.2, -0.15) is 0 Å². The smallest absolute Gasteiger partial charge is 0.237 e. The van der Waals surface area contributed by atoms with E-state index in [0.717, 1.165) is 6.42 Å². The van der Waals surface area contributed by atoms with Crippen LogP contribution in [0.15, 0.2) is 42.9 Å². The predicted molar refractivity (Wildman–Crippen MR) is 137 cm³/mol. The molecule has 3 aromatic rings. The Kier molecular flexibility index (Phi) is 7.39. The minimum atomic E-state index is -3.59. The van der Waals surface area contributed by atoms with Crippen molar-refractivity contribution in [3.05, 3.63) is 54.4 Å². The molecule has 0 aliphatic heterocycles. The number of halogens is 1. The molecule has 196 valence electrons. The van der Waals surface area contributed by atoms with Crippen molar-refractivity contribution >= 4 is 27.6 Å². The summed E-state index contributed by atoms with van der Waals surface area (Å²) in [6, 6.07) is 5.83.